The summed E-state index contributed by atoms with van der Waals surface area (Å²) in [5.74, 6) is 0. The number of hydrogen-bond acceptors (Lipinski definition) is 1. The lowest BCUT2D eigenvalue weighted by atomic mass is 10.2. The van der Waals surface area contributed by atoms with Crippen LogP contribution in [0.1, 0.15) is 6.92 Å². The maximum absolute atomic E-state index is 10.4. The van der Waals surface area contributed by atoms with Crippen LogP contribution in [-0.2, 0) is 4.79 Å². The molecule has 0 atom stereocenters. The van der Waals surface area contributed by atoms with Crippen molar-refractivity contribution in [3.05, 3.63) is 48.6 Å². The van der Waals surface area contributed by atoms with Crippen LogP contribution in [0.3, 0.4) is 0 Å². The lowest BCUT2D eigenvalue weighted by Crippen LogP contribution is -1.76. The lowest BCUT2D eigenvalue weighted by Gasteiger charge is -1.88. The van der Waals surface area contributed by atoms with Crippen LogP contribution < -0.4 is 0 Å². The largest absolute Gasteiger partial charge is 0.276 e. The van der Waals surface area contributed by atoms with Crippen molar-refractivity contribution in [3.8, 4) is 0 Å². The van der Waals surface area contributed by atoms with Gasteiger partial charge in [0, 0.05) is 0 Å². The minimum Gasteiger partial charge on any atom is -0.276 e. The summed E-state index contributed by atoms with van der Waals surface area (Å²) in [5, 5.41) is -0.477. The van der Waals surface area contributed by atoms with Gasteiger partial charge in [-0.25, -0.2) is 0 Å². The van der Waals surface area contributed by atoms with Crippen molar-refractivity contribution in [3.63, 3.8) is 0 Å². The van der Waals surface area contributed by atoms with E-state index in [-0.39, 0.29) is 0 Å². The standard InChI is InChI=1S/C10H11ClO/c1-3-5-9(6-4-2)7-8-10(11)12/h3-8H,1H2,2H3/b6-4-,8-7+,9-5+. The second-order valence-electron chi connectivity index (χ2n) is 2.04. The summed E-state index contributed by atoms with van der Waals surface area (Å²) in [5.41, 5.74) is 0.890. The van der Waals surface area contributed by atoms with Gasteiger partial charge in [0.15, 0.2) is 0 Å². The molecule has 0 aliphatic rings. The fraction of sp³-hybridized carbons (Fsp3) is 0.100. The summed E-state index contributed by atoms with van der Waals surface area (Å²) in [7, 11) is 0. The van der Waals surface area contributed by atoms with Gasteiger partial charge in [0.05, 0.1) is 0 Å². The summed E-state index contributed by atoms with van der Waals surface area (Å²) in [6, 6.07) is 0. The van der Waals surface area contributed by atoms with Gasteiger partial charge in [-0.2, -0.15) is 0 Å². The molecule has 0 saturated heterocycles. The lowest BCUT2D eigenvalue weighted by molar-refractivity contribution is -0.107. The number of carbonyl (C=O) groups excluding carboxylic acids is 1. The van der Waals surface area contributed by atoms with Gasteiger partial charge in [-0.1, -0.05) is 37.0 Å². The van der Waals surface area contributed by atoms with Crippen LogP contribution in [0.2, 0.25) is 0 Å². The van der Waals surface area contributed by atoms with E-state index in [2.05, 4.69) is 6.58 Å². The first-order valence-corrected chi connectivity index (χ1v) is 3.91. The highest BCUT2D eigenvalue weighted by molar-refractivity contribution is 6.66. The molecule has 0 heterocycles. The molecule has 0 amide bonds. The van der Waals surface area contributed by atoms with Gasteiger partial charge in [-0.05, 0) is 30.2 Å². The molecule has 0 fully saturated rings. The minimum atomic E-state index is -0.477. The average Bonchev–Trinajstić information content (AvgIpc) is 2.01. The van der Waals surface area contributed by atoms with E-state index in [1.165, 1.54) is 6.08 Å². The number of halogens is 1. The molecule has 2 heteroatoms. The van der Waals surface area contributed by atoms with Crippen LogP contribution >= 0.6 is 11.6 Å². The van der Waals surface area contributed by atoms with E-state index in [0.29, 0.717) is 0 Å². The number of hydrogen-bond donors (Lipinski definition) is 0. The van der Waals surface area contributed by atoms with E-state index in [0.717, 1.165) is 5.57 Å². The van der Waals surface area contributed by atoms with E-state index in [1.807, 2.05) is 19.1 Å². The SMILES string of the molecule is C=C/C=C(\C=C/C)/C=C/C(=O)Cl. The highest BCUT2D eigenvalue weighted by atomic mass is 35.5. The zero-order valence-electron chi connectivity index (χ0n) is 6.96. The van der Waals surface area contributed by atoms with Crippen LogP contribution in [0, 0.1) is 0 Å². The Bertz CT molecular complexity index is 247. The van der Waals surface area contributed by atoms with E-state index < -0.39 is 5.24 Å². The molecule has 0 bridgehead atoms. The van der Waals surface area contributed by atoms with Crippen molar-refractivity contribution in [1.29, 1.82) is 0 Å². The van der Waals surface area contributed by atoms with Gasteiger partial charge < -0.3 is 0 Å². The van der Waals surface area contributed by atoms with Gasteiger partial charge in [0.2, 0.25) is 5.24 Å². The van der Waals surface area contributed by atoms with E-state index in [1.54, 1.807) is 18.2 Å². The second-order valence-corrected chi connectivity index (χ2v) is 2.41. The first-order chi connectivity index (χ1) is 5.70. The van der Waals surface area contributed by atoms with Crippen molar-refractivity contribution in [2.75, 3.05) is 0 Å². The molecule has 0 N–H and O–H groups in total. The summed E-state index contributed by atoms with van der Waals surface area (Å²) in [6.45, 7) is 5.44. The molecular weight excluding hydrogens is 172 g/mol. The summed E-state index contributed by atoms with van der Waals surface area (Å²) >= 11 is 5.12. The fourth-order valence-electron chi connectivity index (χ4n) is 0.657. The third kappa shape index (κ3) is 5.69. The van der Waals surface area contributed by atoms with Crippen LogP contribution in [0.15, 0.2) is 48.6 Å². The van der Waals surface area contributed by atoms with Gasteiger partial charge in [-0.3, -0.25) is 4.79 Å². The maximum Gasteiger partial charge on any atom is 0.245 e. The van der Waals surface area contributed by atoms with Crippen LogP contribution in [0.25, 0.3) is 0 Å². The third-order valence-corrected chi connectivity index (χ3v) is 1.20. The molecule has 0 aromatic rings. The smallest absolute Gasteiger partial charge is 0.245 e. The Balaban J connectivity index is 4.43. The van der Waals surface area contributed by atoms with Crippen LogP contribution in [0.5, 0.6) is 0 Å². The summed E-state index contributed by atoms with van der Waals surface area (Å²) < 4.78 is 0. The average molecular weight is 183 g/mol. The Kier molecular flexibility index (Phi) is 6.02. The van der Waals surface area contributed by atoms with Gasteiger partial charge >= 0.3 is 0 Å². The third-order valence-electron chi connectivity index (χ3n) is 1.08. The quantitative estimate of drug-likeness (QED) is 0.371. The van der Waals surface area contributed by atoms with Gasteiger partial charge in [0.1, 0.15) is 0 Å². The number of rotatable bonds is 4. The molecule has 0 aromatic heterocycles. The molecule has 12 heavy (non-hydrogen) atoms. The number of carbonyl (C=O) groups is 1. The highest BCUT2D eigenvalue weighted by Gasteiger charge is 1.86. The predicted molar refractivity (Wildman–Crippen MR) is 53.1 cm³/mol. The van der Waals surface area contributed by atoms with Crippen molar-refractivity contribution in [2.45, 2.75) is 6.92 Å². The molecule has 0 radical (unpaired) electrons. The molecule has 0 aliphatic carbocycles. The van der Waals surface area contributed by atoms with Crippen LogP contribution in [-0.4, -0.2) is 5.24 Å². The Morgan fingerprint density at radius 2 is 2.00 bits per heavy atom. The Morgan fingerprint density at radius 3 is 2.42 bits per heavy atom. The predicted octanol–water partition coefficient (Wildman–Crippen LogP) is 3.00. The minimum absolute atomic E-state index is 0.477. The maximum atomic E-state index is 10.4. The Morgan fingerprint density at radius 1 is 1.33 bits per heavy atom. The summed E-state index contributed by atoms with van der Waals surface area (Å²) in [6.07, 6.45) is 10.1. The van der Waals surface area contributed by atoms with Crippen molar-refractivity contribution < 1.29 is 4.79 Å². The molecule has 1 nitrogen and oxygen atoms in total. The monoisotopic (exact) mass is 182 g/mol. The summed E-state index contributed by atoms with van der Waals surface area (Å²) in [4.78, 5) is 10.4. The molecule has 64 valence electrons. The Labute approximate surface area is 77.7 Å². The normalized spacial score (nSPS) is 12.7. The van der Waals surface area contributed by atoms with E-state index in [4.69, 9.17) is 11.6 Å². The molecule has 0 aliphatic heterocycles. The molecule has 0 saturated carbocycles. The highest BCUT2D eigenvalue weighted by Crippen LogP contribution is 2.00. The molecule has 0 aromatic carbocycles. The Hall–Kier alpha value is -1.08. The van der Waals surface area contributed by atoms with E-state index in [9.17, 15) is 4.79 Å². The van der Waals surface area contributed by atoms with Crippen LogP contribution in [0.4, 0.5) is 0 Å². The van der Waals surface area contributed by atoms with Crippen molar-refractivity contribution in [1.82, 2.24) is 0 Å². The molecular formula is C10H11ClO. The zero-order valence-corrected chi connectivity index (χ0v) is 7.71. The zero-order chi connectivity index (χ0) is 9.40. The van der Waals surface area contributed by atoms with Gasteiger partial charge in [0.25, 0.3) is 0 Å². The van der Waals surface area contributed by atoms with E-state index >= 15 is 0 Å². The van der Waals surface area contributed by atoms with Crippen molar-refractivity contribution in [2.24, 2.45) is 0 Å². The topological polar surface area (TPSA) is 17.1 Å². The molecule has 0 rings (SSSR count). The number of allylic oxidation sites excluding steroid dienone is 7. The first kappa shape index (κ1) is 10.9. The van der Waals surface area contributed by atoms with Gasteiger partial charge in [-0.15, -0.1) is 0 Å². The first-order valence-electron chi connectivity index (χ1n) is 3.53. The molecule has 0 spiro atoms. The second kappa shape index (κ2) is 6.62. The molecule has 0 unspecified atom stereocenters. The van der Waals surface area contributed by atoms with Crippen molar-refractivity contribution >= 4 is 16.8 Å². The fourth-order valence-corrected chi connectivity index (χ4v) is 0.720.